The Kier molecular flexibility index (Phi) is 3.82. The Morgan fingerprint density at radius 2 is 2.25 bits per heavy atom. The zero-order valence-corrected chi connectivity index (χ0v) is 10.3. The minimum Gasteiger partial charge on any atom is -0.355 e. The lowest BCUT2D eigenvalue weighted by Gasteiger charge is -2.24. The minimum absolute atomic E-state index is 0.0644. The van der Waals surface area contributed by atoms with Gasteiger partial charge in [0.1, 0.15) is 0 Å². The first kappa shape index (κ1) is 11.9. The lowest BCUT2D eigenvalue weighted by Crippen LogP contribution is -2.49. The summed E-state index contributed by atoms with van der Waals surface area (Å²) in [6, 6.07) is 1.13. The first-order valence-electron chi connectivity index (χ1n) is 6.50. The molecule has 0 spiro atoms. The molecule has 0 aromatic carbocycles. The van der Waals surface area contributed by atoms with Crippen LogP contribution in [0.2, 0.25) is 0 Å². The van der Waals surface area contributed by atoms with Crippen LogP contribution in [0.4, 0.5) is 0 Å². The van der Waals surface area contributed by atoms with Crippen LogP contribution in [-0.2, 0) is 4.79 Å². The van der Waals surface area contributed by atoms with Crippen LogP contribution in [0.25, 0.3) is 0 Å². The van der Waals surface area contributed by atoms with Gasteiger partial charge in [-0.2, -0.15) is 0 Å². The Morgan fingerprint density at radius 3 is 3.00 bits per heavy atom. The van der Waals surface area contributed by atoms with Gasteiger partial charge in [-0.3, -0.25) is 9.69 Å². The smallest absolute Gasteiger partial charge is 0.236 e. The number of amides is 1. The summed E-state index contributed by atoms with van der Waals surface area (Å²) in [7, 11) is 0. The SMILES string of the molecule is CCNC(=O)C(C)NC1CCN2CCCC12. The molecule has 2 aliphatic rings. The molecule has 2 saturated heterocycles. The molecule has 1 amide bonds. The molecule has 0 aromatic rings. The van der Waals surface area contributed by atoms with Crippen molar-refractivity contribution < 1.29 is 4.79 Å². The van der Waals surface area contributed by atoms with Crippen molar-refractivity contribution >= 4 is 5.91 Å². The highest BCUT2D eigenvalue weighted by Crippen LogP contribution is 2.28. The van der Waals surface area contributed by atoms with Crippen molar-refractivity contribution in [3.8, 4) is 0 Å². The Balaban J connectivity index is 1.83. The Morgan fingerprint density at radius 1 is 1.44 bits per heavy atom. The topological polar surface area (TPSA) is 44.4 Å². The fourth-order valence-electron chi connectivity index (χ4n) is 3.00. The first-order chi connectivity index (χ1) is 7.72. The lowest BCUT2D eigenvalue weighted by atomic mass is 10.1. The summed E-state index contributed by atoms with van der Waals surface area (Å²) in [5.74, 6) is 0.124. The van der Waals surface area contributed by atoms with Gasteiger partial charge in [0.2, 0.25) is 5.91 Å². The van der Waals surface area contributed by atoms with Crippen molar-refractivity contribution in [1.29, 1.82) is 0 Å². The van der Waals surface area contributed by atoms with Gasteiger partial charge in [-0.05, 0) is 39.7 Å². The standard InChI is InChI=1S/C12H23N3O/c1-3-13-12(16)9(2)14-10-6-8-15-7-4-5-11(10)15/h9-11,14H,3-8H2,1-2H3,(H,13,16). The van der Waals surface area contributed by atoms with E-state index in [9.17, 15) is 4.79 Å². The molecule has 2 rings (SSSR count). The van der Waals surface area contributed by atoms with E-state index in [2.05, 4.69) is 15.5 Å². The zero-order chi connectivity index (χ0) is 11.5. The number of rotatable bonds is 4. The van der Waals surface area contributed by atoms with Crippen LogP contribution in [-0.4, -0.2) is 48.6 Å². The van der Waals surface area contributed by atoms with Gasteiger partial charge >= 0.3 is 0 Å². The summed E-state index contributed by atoms with van der Waals surface area (Å²) in [6.07, 6.45) is 3.80. The molecule has 0 radical (unpaired) electrons. The molecule has 0 aliphatic carbocycles. The molecule has 0 aromatic heterocycles. The molecule has 2 N–H and O–H groups in total. The summed E-state index contributed by atoms with van der Waals surface area (Å²) in [4.78, 5) is 14.2. The van der Waals surface area contributed by atoms with E-state index in [1.807, 2.05) is 13.8 Å². The molecule has 16 heavy (non-hydrogen) atoms. The number of nitrogens with one attached hydrogen (secondary N) is 2. The number of hydrogen-bond acceptors (Lipinski definition) is 3. The average Bonchev–Trinajstić information content (AvgIpc) is 2.83. The molecule has 92 valence electrons. The second-order valence-electron chi connectivity index (χ2n) is 4.92. The molecule has 0 saturated carbocycles. The van der Waals surface area contributed by atoms with Crippen LogP contribution in [0.15, 0.2) is 0 Å². The number of hydrogen-bond donors (Lipinski definition) is 2. The number of carbonyl (C=O) groups excluding carboxylic acids is 1. The van der Waals surface area contributed by atoms with E-state index >= 15 is 0 Å². The van der Waals surface area contributed by atoms with E-state index in [0.717, 1.165) is 0 Å². The number of likely N-dealkylation sites (N-methyl/N-ethyl adjacent to an activating group) is 1. The highest BCUT2D eigenvalue weighted by molar-refractivity contribution is 5.81. The quantitative estimate of drug-likeness (QED) is 0.725. The molecular weight excluding hydrogens is 202 g/mol. The van der Waals surface area contributed by atoms with Crippen LogP contribution in [0, 0.1) is 0 Å². The van der Waals surface area contributed by atoms with Crippen LogP contribution in [0.1, 0.15) is 33.1 Å². The maximum absolute atomic E-state index is 11.6. The van der Waals surface area contributed by atoms with Crippen molar-refractivity contribution in [2.75, 3.05) is 19.6 Å². The van der Waals surface area contributed by atoms with E-state index in [0.29, 0.717) is 18.6 Å². The molecule has 3 unspecified atom stereocenters. The van der Waals surface area contributed by atoms with Gasteiger partial charge in [-0.25, -0.2) is 0 Å². The summed E-state index contributed by atoms with van der Waals surface area (Å²) < 4.78 is 0. The summed E-state index contributed by atoms with van der Waals surface area (Å²) in [6.45, 7) is 7.08. The third-order valence-corrected chi connectivity index (χ3v) is 3.81. The van der Waals surface area contributed by atoms with Crippen molar-refractivity contribution in [2.24, 2.45) is 0 Å². The van der Waals surface area contributed by atoms with Gasteiger partial charge in [0.25, 0.3) is 0 Å². The highest BCUT2D eigenvalue weighted by atomic mass is 16.2. The predicted molar refractivity (Wildman–Crippen MR) is 64.3 cm³/mol. The highest BCUT2D eigenvalue weighted by Gasteiger charge is 2.37. The van der Waals surface area contributed by atoms with Gasteiger partial charge in [0.05, 0.1) is 6.04 Å². The summed E-state index contributed by atoms with van der Waals surface area (Å²) >= 11 is 0. The van der Waals surface area contributed by atoms with Gasteiger partial charge < -0.3 is 10.6 Å². The second kappa shape index (κ2) is 5.15. The normalized spacial score (nSPS) is 31.4. The first-order valence-corrected chi connectivity index (χ1v) is 6.50. The Labute approximate surface area is 97.8 Å². The van der Waals surface area contributed by atoms with E-state index in [1.54, 1.807) is 0 Å². The summed E-state index contributed by atoms with van der Waals surface area (Å²) in [5, 5.41) is 6.35. The van der Waals surface area contributed by atoms with E-state index in [4.69, 9.17) is 0 Å². The zero-order valence-electron chi connectivity index (χ0n) is 10.3. The van der Waals surface area contributed by atoms with Crippen molar-refractivity contribution in [2.45, 2.75) is 51.2 Å². The lowest BCUT2D eigenvalue weighted by molar-refractivity contribution is -0.122. The fourth-order valence-corrected chi connectivity index (χ4v) is 3.00. The molecule has 2 aliphatic heterocycles. The summed E-state index contributed by atoms with van der Waals surface area (Å²) in [5.41, 5.74) is 0. The molecule has 2 heterocycles. The number of fused-ring (bicyclic) bond motifs is 1. The van der Waals surface area contributed by atoms with Crippen LogP contribution in [0.5, 0.6) is 0 Å². The van der Waals surface area contributed by atoms with Gasteiger partial charge in [-0.15, -0.1) is 0 Å². The van der Waals surface area contributed by atoms with E-state index < -0.39 is 0 Å². The molecule has 4 heteroatoms. The molecule has 4 nitrogen and oxygen atoms in total. The fraction of sp³-hybridized carbons (Fsp3) is 0.917. The predicted octanol–water partition coefficient (Wildman–Crippen LogP) is 0.337. The van der Waals surface area contributed by atoms with Gasteiger partial charge in [-0.1, -0.05) is 0 Å². The molecule has 2 fully saturated rings. The largest absolute Gasteiger partial charge is 0.355 e. The maximum Gasteiger partial charge on any atom is 0.236 e. The molecular formula is C12H23N3O. The van der Waals surface area contributed by atoms with Gasteiger partial charge in [0, 0.05) is 25.2 Å². The van der Waals surface area contributed by atoms with Gasteiger partial charge in [0.15, 0.2) is 0 Å². The number of nitrogens with zero attached hydrogens (tertiary/aromatic N) is 1. The number of carbonyl (C=O) groups is 1. The monoisotopic (exact) mass is 225 g/mol. The van der Waals surface area contributed by atoms with Crippen LogP contribution < -0.4 is 10.6 Å². The van der Waals surface area contributed by atoms with Crippen LogP contribution >= 0.6 is 0 Å². The Hall–Kier alpha value is -0.610. The van der Waals surface area contributed by atoms with Crippen molar-refractivity contribution in [3.63, 3.8) is 0 Å². The average molecular weight is 225 g/mol. The third kappa shape index (κ3) is 2.38. The maximum atomic E-state index is 11.6. The third-order valence-electron chi connectivity index (χ3n) is 3.81. The van der Waals surface area contributed by atoms with Crippen molar-refractivity contribution in [1.82, 2.24) is 15.5 Å². The Bertz CT molecular complexity index is 257. The van der Waals surface area contributed by atoms with E-state index in [-0.39, 0.29) is 11.9 Å². The van der Waals surface area contributed by atoms with E-state index in [1.165, 1.54) is 32.4 Å². The van der Waals surface area contributed by atoms with Crippen LogP contribution in [0.3, 0.4) is 0 Å². The molecule has 0 bridgehead atoms. The molecule has 3 atom stereocenters. The second-order valence-corrected chi connectivity index (χ2v) is 4.92. The minimum atomic E-state index is -0.0644. The van der Waals surface area contributed by atoms with Crippen molar-refractivity contribution in [3.05, 3.63) is 0 Å².